The summed E-state index contributed by atoms with van der Waals surface area (Å²) in [6, 6.07) is 14.1. The van der Waals surface area contributed by atoms with Crippen LogP contribution in [0, 0.1) is 19.8 Å². The Labute approximate surface area is 202 Å². The molecular weight excluding hydrogens is 426 g/mol. The average Bonchev–Trinajstić information content (AvgIpc) is 3.05. The van der Waals surface area contributed by atoms with Crippen molar-refractivity contribution in [3.8, 4) is 0 Å². The number of hydrogen-bond acceptors (Lipinski definition) is 5. The molecule has 0 unspecified atom stereocenters. The predicted octanol–water partition coefficient (Wildman–Crippen LogP) is 4.77. The van der Waals surface area contributed by atoms with E-state index in [4.69, 9.17) is 4.74 Å². The van der Waals surface area contributed by atoms with Crippen molar-refractivity contribution in [2.45, 2.75) is 40.0 Å². The van der Waals surface area contributed by atoms with Crippen LogP contribution in [0.25, 0.3) is 5.57 Å². The van der Waals surface area contributed by atoms with E-state index in [9.17, 15) is 9.59 Å². The smallest absolute Gasteiger partial charge is 0.278 e. The van der Waals surface area contributed by atoms with Crippen LogP contribution in [0.15, 0.2) is 48.2 Å². The van der Waals surface area contributed by atoms with E-state index in [0.717, 1.165) is 41.4 Å². The summed E-state index contributed by atoms with van der Waals surface area (Å²) >= 11 is 0. The molecule has 0 saturated carbocycles. The topological polar surface area (TPSA) is 61.9 Å². The number of ether oxygens (including phenoxy) is 1. The Hall–Kier alpha value is -3.12. The van der Waals surface area contributed by atoms with Gasteiger partial charge in [-0.05, 0) is 74.4 Å². The van der Waals surface area contributed by atoms with E-state index in [2.05, 4.69) is 29.3 Å². The molecular formula is C28H35N3O3. The molecule has 2 aromatic rings. The Balaban J connectivity index is 1.62. The third-order valence-electron chi connectivity index (χ3n) is 6.83. The normalized spacial score (nSPS) is 17.2. The first-order chi connectivity index (χ1) is 16.4. The van der Waals surface area contributed by atoms with Crippen LogP contribution < -0.4 is 10.2 Å². The van der Waals surface area contributed by atoms with Crippen molar-refractivity contribution in [3.63, 3.8) is 0 Å². The highest BCUT2D eigenvalue weighted by molar-refractivity contribution is 6.36. The molecule has 0 spiro atoms. The molecule has 2 aliphatic rings. The lowest BCUT2D eigenvalue weighted by Gasteiger charge is -2.32. The molecule has 6 nitrogen and oxygen atoms in total. The van der Waals surface area contributed by atoms with Crippen molar-refractivity contribution < 1.29 is 14.3 Å². The van der Waals surface area contributed by atoms with Crippen molar-refractivity contribution in [3.05, 3.63) is 64.9 Å². The monoisotopic (exact) mass is 461 g/mol. The minimum absolute atomic E-state index is 0.255. The van der Waals surface area contributed by atoms with Gasteiger partial charge in [0.05, 0.1) is 5.57 Å². The fourth-order valence-electron chi connectivity index (χ4n) is 4.77. The number of amides is 2. The highest BCUT2D eigenvalue weighted by Crippen LogP contribution is 2.33. The Morgan fingerprint density at radius 1 is 1.00 bits per heavy atom. The summed E-state index contributed by atoms with van der Waals surface area (Å²) in [5, 5.41) is 3.29. The van der Waals surface area contributed by atoms with Gasteiger partial charge in [-0.1, -0.05) is 30.7 Å². The zero-order valence-corrected chi connectivity index (χ0v) is 20.7. The van der Waals surface area contributed by atoms with E-state index in [-0.39, 0.29) is 11.8 Å². The molecule has 0 bridgehead atoms. The summed E-state index contributed by atoms with van der Waals surface area (Å²) in [6.07, 6.45) is 3.02. The highest BCUT2D eigenvalue weighted by Gasteiger charge is 2.39. The van der Waals surface area contributed by atoms with E-state index >= 15 is 0 Å². The minimum atomic E-state index is -0.287. The van der Waals surface area contributed by atoms with Crippen LogP contribution in [0.2, 0.25) is 0 Å². The number of nitrogens with one attached hydrogen (secondary N) is 1. The number of anilines is 2. The van der Waals surface area contributed by atoms with E-state index in [1.807, 2.05) is 44.2 Å². The van der Waals surface area contributed by atoms with Crippen LogP contribution >= 0.6 is 0 Å². The third-order valence-corrected chi connectivity index (χ3v) is 6.83. The fourth-order valence-corrected chi connectivity index (χ4v) is 4.77. The zero-order valence-electron chi connectivity index (χ0n) is 20.7. The minimum Gasteiger partial charge on any atom is -0.385 e. The number of nitrogens with zero attached hydrogens (tertiary/aromatic N) is 2. The number of carbonyl (C=O) groups excluding carboxylic acids is 2. The fraction of sp³-hybridized carbons (Fsp3) is 0.429. The van der Waals surface area contributed by atoms with Gasteiger partial charge in [-0.25, -0.2) is 0 Å². The van der Waals surface area contributed by atoms with E-state index in [1.165, 1.54) is 23.4 Å². The molecule has 0 aromatic heterocycles. The van der Waals surface area contributed by atoms with Gasteiger partial charge in [0, 0.05) is 44.7 Å². The first-order valence-corrected chi connectivity index (χ1v) is 12.2. The van der Waals surface area contributed by atoms with Gasteiger partial charge in [0.25, 0.3) is 11.8 Å². The van der Waals surface area contributed by atoms with E-state index in [1.54, 1.807) is 7.11 Å². The first kappa shape index (κ1) is 24.0. The first-order valence-electron chi connectivity index (χ1n) is 12.2. The summed E-state index contributed by atoms with van der Waals surface area (Å²) < 4.78 is 5.12. The lowest BCUT2D eigenvalue weighted by molar-refractivity contribution is -0.137. The third kappa shape index (κ3) is 5.02. The maximum atomic E-state index is 13.4. The maximum absolute atomic E-state index is 13.4. The molecule has 0 radical (unpaired) electrons. The number of carbonyl (C=O) groups is 2. The number of methoxy groups -OCH3 is 1. The van der Waals surface area contributed by atoms with Gasteiger partial charge in [0.1, 0.15) is 5.70 Å². The van der Waals surface area contributed by atoms with Gasteiger partial charge < -0.3 is 15.0 Å². The van der Waals surface area contributed by atoms with E-state index in [0.29, 0.717) is 30.8 Å². The van der Waals surface area contributed by atoms with Crippen LogP contribution in [-0.2, 0) is 14.3 Å². The summed E-state index contributed by atoms with van der Waals surface area (Å²) in [5.41, 5.74) is 5.65. The van der Waals surface area contributed by atoms with E-state index < -0.39 is 0 Å². The van der Waals surface area contributed by atoms with Crippen molar-refractivity contribution in [2.24, 2.45) is 5.92 Å². The average molecular weight is 462 g/mol. The molecule has 4 rings (SSSR count). The Morgan fingerprint density at radius 2 is 1.71 bits per heavy atom. The molecule has 6 heteroatoms. The number of imide groups is 1. The largest absolute Gasteiger partial charge is 0.385 e. The molecule has 1 fully saturated rings. The maximum Gasteiger partial charge on any atom is 0.278 e. The molecule has 0 aliphatic carbocycles. The molecule has 1 saturated heterocycles. The van der Waals surface area contributed by atoms with Crippen LogP contribution in [0.1, 0.15) is 42.9 Å². The SMILES string of the molecule is COCCCN1C(=O)C(Nc2ccc(N3CCC(C)CC3)cc2)=C(c2ccc(C)cc2C)C1=O. The summed E-state index contributed by atoms with van der Waals surface area (Å²) in [4.78, 5) is 30.5. The Morgan fingerprint density at radius 3 is 2.35 bits per heavy atom. The molecule has 180 valence electrons. The second-order valence-electron chi connectivity index (χ2n) is 9.52. The Kier molecular flexibility index (Phi) is 7.37. The number of benzene rings is 2. The van der Waals surface area contributed by atoms with Gasteiger partial charge in [0.2, 0.25) is 0 Å². The summed E-state index contributed by atoms with van der Waals surface area (Å²) in [6.45, 7) is 9.27. The zero-order chi connectivity index (χ0) is 24.2. The van der Waals surface area contributed by atoms with Crippen LogP contribution in [0.5, 0.6) is 0 Å². The van der Waals surface area contributed by atoms with Crippen molar-refractivity contribution >= 4 is 28.8 Å². The van der Waals surface area contributed by atoms with Gasteiger partial charge in [-0.3, -0.25) is 14.5 Å². The molecule has 2 aliphatic heterocycles. The number of piperidine rings is 1. The van der Waals surface area contributed by atoms with Gasteiger partial charge in [-0.2, -0.15) is 0 Å². The summed E-state index contributed by atoms with van der Waals surface area (Å²) in [7, 11) is 1.62. The van der Waals surface area contributed by atoms with Crippen molar-refractivity contribution in [1.29, 1.82) is 0 Å². The second-order valence-corrected chi connectivity index (χ2v) is 9.52. The number of hydrogen-bond donors (Lipinski definition) is 1. The lowest BCUT2D eigenvalue weighted by Crippen LogP contribution is -2.34. The van der Waals surface area contributed by atoms with Crippen LogP contribution in [0.4, 0.5) is 11.4 Å². The summed E-state index contributed by atoms with van der Waals surface area (Å²) in [5.74, 6) is 0.241. The molecule has 34 heavy (non-hydrogen) atoms. The second kappa shape index (κ2) is 10.4. The molecule has 1 N–H and O–H groups in total. The van der Waals surface area contributed by atoms with Crippen LogP contribution in [-0.4, -0.2) is 50.1 Å². The Bertz CT molecular complexity index is 1080. The van der Waals surface area contributed by atoms with Gasteiger partial charge in [0.15, 0.2) is 0 Å². The number of rotatable bonds is 8. The standard InChI is InChI=1S/C28H35N3O3/c1-19-12-15-30(16-13-19)23-9-7-22(8-10-23)29-26-25(24-11-6-20(2)18-21(24)3)27(32)31(28(26)33)14-5-17-34-4/h6-11,18-19,29H,5,12-17H2,1-4H3. The molecule has 2 heterocycles. The van der Waals surface area contributed by atoms with Crippen molar-refractivity contribution in [2.75, 3.05) is 43.6 Å². The molecule has 0 atom stereocenters. The van der Waals surface area contributed by atoms with Gasteiger partial charge >= 0.3 is 0 Å². The van der Waals surface area contributed by atoms with Crippen molar-refractivity contribution in [1.82, 2.24) is 4.90 Å². The lowest BCUT2D eigenvalue weighted by atomic mass is 9.97. The highest BCUT2D eigenvalue weighted by atomic mass is 16.5. The number of aryl methyl sites for hydroxylation is 2. The predicted molar refractivity (Wildman–Crippen MR) is 137 cm³/mol. The van der Waals surface area contributed by atoms with Gasteiger partial charge in [-0.15, -0.1) is 0 Å². The quantitative estimate of drug-likeness (QED) is 0.453. The molecule has 2 aromatic carbocycles. The molecule has 2 amide bonds. The van der Waals surface area contributed by atoms with Crippen LogP contribution in [0.3, 0.4) is 0 Å².